The van der Waals surface area contributed by atoms with Crippen molar-refractivity contribution in [2.24, 2.45) is 7.05 Å². The summed E-state index contributed by atoms with van der Waals surface area (Å²) >= 11 is 0. The smallest absolute Gasteiger partial charge is 0.244 e. The molecule has 4 heteroatoms. The third kappa shape index (κ3) is 2.36. The van der Waals surface area contributed by atoms with Crippen LogP contribution in [0.2, 0.25) is 0 Å². The second-order valence-electron chi connectivity index (χ2n) is 6.84. The molecule has 3 aliphatic rings. The molecule has 0 aliphatic carbocycles. The Morgan fingerprint density at radius 2 is 1.81 bits per heavy atom. The van der Waals surface area contributed by atoms with Crippen molar-refractivity contribution in [3.05, 3.63) is 30.6 Å². The number of aromatic nitrogens is 2. The summed E-state index contributed by atoms with van der Waals surface area (Å²) in [6, 6.07) is 8.71. The van der Waals surface area contributed by atoms with Crippen LogP contribution in [0.25, 0.3) is 11.0 Å². The summed E-state index contributed by atoms with van der Waals surface area (Å²) in [5.74, 6) is 0. The lowest BCUT2D eigenvalue weighted by molar-refractivity contribution is -0.941. The Balaban J connectivity index is 1.44. The van der Waals surface area contributed by atoms with Crippen molar-refractivity contribution in [2.75, 3.05) is 45.8 Å². The van der Waals surface area contributed by atoms with Crippen LogP contribution in [-0.4, -0.2) is 59.8 Å². The van der Waals surface area contributed by atoms with Crippen LogP contribution in [0.4, 0.5) is 0 Å². The molecule has 2 bridgehead atoms. The van der Waals surface area contributed by atoms with Crippen LogP contribution in [0.1, 0.15) is 6.42 Å². The molecule has 21 heavy (non-hydrogen) atoms. The van der Waals surface area contributed by atoms with E-state index in [9.17, 15) is 0 Å². The molecule has 0 unspecified atom stereocenters. The average molecular weight is 286 g/mol. The summed E-state index contributed by atoms with van der Waals surface area (Å²) in [5, 5.41) is 0. The zero-order chi connectivity index (χ0) is 14.3. The molecule has 0 saturated carbocycles. The number of para-hydroxylation sites is 2. The Morgan fingerprint density at radius 1 is 1.10 bits per heavy atom. The van der Waals surface area contributed by atoms with Gasteiger partial charge in [-0.1, -0.05) is 12.1 Å². The van der Waals surface area contributed by atoms with Crippen LogP contribution >= 0.6 is 0 Å². The molecule has 3 fully saturated rings. The minimum atomic E-state index is 1.14. The number of benzene rings is 1. The lowest BCUT2D eigenvalue weighted by Gasteiger charge is -2.50. The third-order valence-electron chi connectivity index (χ3n) is 5.59. The van der Waals surface area contributed by atoms with E-state index in [4.69, 9.17) is 0 Å². The number of rotatable bonds is 4. The van der Waals surface area contributed by atoms with Gasteiger partial charge in [-0.3, -0.25) is 4.90 Å². The molecule has 5 rings (SSSR count). The van der Waals surface area contributed by atoms with E-state index >= 15 is 0 Å². The Bertz CT molecular complexity index is 624. The second kappa shape index (κ2) is 5.11. The van der Waals surface area contributed by atoms with Gasteiger partial charge in [0.05, 0.1) is 39.8 Å². The maximum absolute atomic E-state index is 2.62. The molecule has 3 saturated heterocycles. The topological polar surface area (TPSA) is 12.0 Å². The average Bonchev–Trinajstić information content (AvgIpc) is 2.86. The fourth-order valence-corrected chi connectivity index (χ4v) is 4.16. The molecule has 112 valence electrons. The molecule has 1 aromatic carbocycles. The SMILES string of the molecule is C[n+]1cn(CCC[N+]23CCN(CC2)CC3)c2ccccc21. The van der Waals surface area contributed by atoms with E-state index in [1.54, 1.807) is 0 Å². The van der Waals surface area contributed by atoms with Gasteiger partial charge in [-0.15, -0.1) is 0 Å². The van der Waals surface area contributed by atoms with Crippen molar-refractivity contribution in [3.63, 3.8) is 0 Å². The van der Waals surface area contributed by atoms with Gasteiger partial charge in [-0.2, -0.15) is 0 Å². The minimum Gasteiger partial charge on any atom is -0.320 e. The highest BCUT2D eigenvalue weighted by Crippen LogP contribution is 2.20. The van der Waals surface area contributed by atoms with Crippen LogP contribution < -0.4 is 4.57 Å². The van der Waals surface area contributed by atoms with E-state index in [1.807, 2.05) is 0 Å². The van der Waals surface area contributed by atoms with E-state index in [-0.39, 0.29) is 0 Å². The first-order valence-corrected chi connectivity index (χ1v) is 8.27. The summed E-state index contributed by atoms with van der Waals surface area (Å²) in [5.41, 5.74) is 2.69. The summed E-state index contributed by atoms with van der Waals surface area (Å²) in [6.45, 7) is 10.6. The number of quaternary nitrogens is 1. The molecular formula is C17H26N4+2. The summed E-state index contributed by atoms with van der Waals surface area (Å²) in [7, 11) is 2.14. The van der Waals surface area contributed by atoms with E-state index in [2.05, 4.69) is 51.7 Å². The second-order valence-corrected chi connectivity index (χ2v) is 6.84. The fraction of sp³-hybridized carbons (Fsp3) is 0.588. The van der Waals surface area contributed by atoms with Gasteiger partial charge >= 0.3 is 0 Å². The first-order chi connectivity index (χ1) is 10.3. The lowest BCUT2D eigenvalue weighted by atomic mass is 10.1. The van der Waals surface area contributed by atoms with Gasteiger partial charge in [0.1, 0.15) is 0 Å². The van der Waals surface area contributed by atoms with Crippen molar-refractivity contribution in [3.8, 4) is 0 Å². The number of imidazole rings is 1. The van der Waals surface area contributed by atoms with E-state index in [0.717, 1.165) is 6.54 Å². The van der Waals surface area contributed by atoms with Crippen molar-refractivity contribution >= 4 is 11.0 Å². The maximum Gasteiger partial charge on any atom is 0.244 e. The van der Waals surface area contributed by atoms with Crippen molar-refractivity contribution < 1.29 is 9.05 Å². The van der Waals surface area contributed by atoms with Gasteiger partial charge in [0.15, 0.2) is 11.0 Å². The maximum atomic E-state index is 2.62. The molecule has 0 atom stereocenters. The largest absolute Gasteiger partial charge is 0.320 e. The number of nitrogens with zero attached hydrogens (tertiary/aromatic N) is 4. The number of aryl methyl sites for hydroxylation is 2. The number of hydrogen-bond acceptors (Lipinski definition) is 1. The van der Waals surface area contributed by atoms with E-state index in [0.29, 0.717) is 0 Å². The molecular weight excluding hydrogens is 260 g/mol. The summed E-state index contributed by atoms with van der Waals surface area (Å²) < 4.78 is 6.04. The number of fused-ring (bicyclic) bond motifs is 4. The van der Waals surface area contributed by atoms with Crippen molar-refractivity contribution in [2.45, 2.75) is 13.0 Å². The highest BCUT2D eigenvalue weighted by Gasteiger charge is 2.37. The predicted octanol–water partition coefficient (Wildman–Crippen LogP) is 1.00. The quantitative estimate of drug-likeness (QED) is 0.603. The van der Waals surface area contributed by atoms with Crippen LogP contribution in [0.3, 0.4) is 0 Å². The Labute approximate surface area is 126 Å². The molecule has 3 aliphatic heterocycles. The molecule has 0 amide bonds. The van der Waals surface area contributed by atoms with Gasteiger partial charge in [0.25, 0.3) is 0 Å². The van der Waals surface area contributed by atoms with Gasteiger partial charge < -0.3 is 4.48 Å². The Kier molecular flexibility index (Phi) is 3.23. The number of piperazine rings is 3. The molecule has 0 radical (unpaired) electrons. The molecule has 0 spiro atoms. The van der Waals surface area contributed by atoms with Gasteiger partial charge in [-0.05, 0) is 12.1 Å². The highest BCUT2D eigenvalue weighted by molar-refractivity contribution is 5.71. The Hall–Kier alpha value is -1.39. The predicted molar refractivity (Wildman–Crippen MR) is 83.9 cm³/mol. The van der Waals surface area contributed by atoms with E-state index < -0.39 is 0 Å². The first kappa shape index (κ1) is 13.3. The van der Waals surface area contributed by atoms with Gasteiger partial charge in [0, 0.05) is 26.1 Å². The van der Waals surface area contributed by atoms with Crippen LogP contribution in [-0.2, 0) is 13.6 Å². The molecule has 4 nitrogen and oxygen atoms in total. The Morgan fingerprint density at radius 3 is 2.57 bits per heavy atom. The zero-order valence-corrected chi connectivity index (χ0v) is 13.0. The normalized spacial score (nSPS) is 28.3. The zero-order valence-electron chi connectivity index (χ0n) is 13.0. The standard InChI is InChI=1S/C17H26N4/c1-18-15-20(17-6-3-2-5-16(17)18)7-4-11-21-12-8-19(9-13-21)10-14-21/h2-3,5-6,15H,4,7-14H2,1H3/q+2. The molecule has 1 aromatic heterocycles. The van der Waals surface area contributed by atoms with Gasteiger partial charge in [0.2, 0.25) is 6.33 Å². The van der Waals surface area contributed by atoms with Crippen LogP contribution in [0, 0.1) is 0 Å². The molecule has 2 aromatic rings. The third-order valence-corrected chi connectivity index (χ3v) is 5.59. The number of hydrogen-bond donors (Lipinski definition) is 0. The highest BCUT2D eigenvalue weighted by atomic mass is 15.4. The summed E-state index contributed by atoms with van der Waals surface area (Å²) in [4.78, 5) is 2.62. The van der Waals surface area contributed by atoms with E-state index in [1.165, 1.54) is 67.8 Å². The van der Waals surface area contributed by atoms with Crippen molar-refractivity contribution in [1.29, 1.82) is 0 Å². The monoisotopic (exact) mass is 286 g/mol. The molecule has 0 N–H and O–H groups in total. The first-order valence-electron chi connectivity index (χ1n) is 8.27. The summed E-state index contributed by atoms with van der Waals surface area (Å²) in [6.07, 6.45) is 3.54. The fourth-order valence-electron chi connectivity index (χ4n) is 4.16. The van der Waals surface area contributed by atoms with Crippen LogP contribution in [0.5, 0.6) is 0 Å². The van der Waals surface area contributed by atoms with Crippen molar-refractivity contribution in [1.82, 2.24) is 9.47 Å². The molecule has 4 heterocycles. The lowest BCUT2D eigenvalue weighted by Crippen LogP contribution is -2.67. The van der Waals surface area contributed by atoms with Crippen LogP contribution in [0.15, 0.2) is 30.6 Å². The minimum absolute atomic E-state index is 1.14. The van der Waals surface area contributed by atoms with Gasteiger partial charge in [-0.25, -0.2) is 9.13 Å².